The predicted molar refractivity (Wildman–Crippen MR) is 108 cm³/mol. The third-order valence-corrected chi connectivity index (χ3v) is 5.29. The Morgan fingerprint density at radius 3 is 2.31 bits per heavy atom. The predicted octanol–water partition coefficient (Wildman–Crippen LogP) is 3.40. The van der Waals surface area contributed by atoms with Gasteiger partial charge in [0, 0.05) is 29.5 Å². The van der Waals surface area contributed by atoms with Gasteiger partial charge in [-0.25, -0.2) is 4.39 Å². The Hall–Kier alpha value is -3.22. The number of rotatable bonds is 3. The fraction of sp³-hybridized carbons (Fsp3) is 0.318. The van der Waals surface area contributed by atoms with Crippen LogP contribution in [0, 0.1) is 18.7 Å². The van der Waals surface area contributed by atoms with Crippen LogP contribution in [0.25, 0.3) is 0 Å². The van der Waals surface area contributed by atoms with Crippen molar-refractivity contribution in [3.8, 4) is 0 Å². The molecule has 3 amide bonds. The van der Waals surface area contributed by atoms with Crippen molar-refractivity contribution in [3.63, 3.8) is 0 Å². The molecule has 0 unspecified atom stereocenters. The number of carbonyl (C=O) groups is 3. The number of nitrogens with one attached hydrogen (secondary N) is 2. The lowest BCUT2D eigenvalue weighted by molar-refractivity contribution is -0.133. The molecule has 0 radical (unpaired) electrons. The van der Waals surface area contributed by atoms with Gasteiger partial charge in [-0.05, 0) is 68.0 Å². The minimum atomic E-state index is -0.892. The first kappa shape index (κ1) is 19.1. The van der Waals surface area contributed by atoms with Crippen LogP contribution in [0.3, 0.4) is 0 Å². The number of aryl methyl sites for hydroxylation is 2. The normalized spacial score (nSPS) is 15.4. The van der Waals surface area contributed by atoms with E-state index in [0.717, 1.165) is 36.9 Å². The van der Waals surface area contributed by atoms with Crippen LogP contribution in [0.1, 0.15) is 30.4 Å². The Morgan fingerprint density at radius 1 is 1.00 bits per heavy atom. The maximum atomic E-state index is 13.6. The number of benzene rings is 2. The molecular formula is C22H22FN3O3. The second-order valence-electron chi connectivity index (χ2n) is 7.58. The molecule has 150 valence electrons. The van der Waals surface area contributed by atoms with Crippen molar-refractivity contribution in [2.75, 3.05) is 22.1 Å². The number of fused-ring (bicyclic) bond motifs is 1. The Labute approximate surface area is 168 Å². The first-order valence-electron chi connectivity index (χ1n) is 9.75. The highest BCUT2D eigenvalue weighted by molar-refractivity contribution is 6.43. The van der Waals surface area contributed by atoms with E-state index in [1.807, 2.05) is 6.07 Å². The molecule has 7 heteroatoms. The topological polar surface area (TPSA) is 78.5 Å². The zero-order chi connectivity index (χ0) is 20.5. The Morgan fingerprint density at radius 2 is 1.66 bits per heavy atom. The van der Waals surface area contributed by atoms with Crippen LogP contribution >= 0.6 is 0 Å². The largest absolute Gasteiger partial charge is 0.318 e. The molecule has 1 saturated carbocycles. The van der Waals surface area contributed by atoms with Crippen LogP contribution in [0.15, 0.2) is 36.4 Å². The number of amides is 3. The Kier molecular flexibility index (Phi) is 5.05. The highest BCUT2D eigenvalue weighted by Gasteiger charge is 2.35. The second-order valence-corrected chi connectivity index (χ2v) is 7.58. The van der Waals surface area contributed by atoms with Gasteiger partial charge in [0.2, 0.25) is 5.91 Å². The van der Waals surface area contributed by atoms with Crippen molar-refractivity contribution >= 4 is 34.8 Å². The van der Waals surface area contributed by atoms with Crippen LogP contribution in [-0.4, -0.2) is 24.3 Å². The lowest BCUT2D eigenvalue weighted by Gasteiger charge is -2.30. The van der Waals surface area contributed by atoms with Gasteiger partial charge in [-0.3, -0.25) is 14.4 Å². The van der Waals surface area contributed by atoms with Crippen LogP contribution in [0.5, 0.6) is 0 Å². The standard InChI is InChI=1S/C22H22FN3O3/c1-13-4-8-16(11-18(13)23)24-20(27)21(28)25-17-9-7-14-3-2-10-26(19(14)12-17)22(29)15-5-6-15/h4,7-9,11-12,15H,2-3,5-6,10H2,1H3,(H,24,27)(H,25,28). The van der Waals surface area contributed by atoms with Gasteiger partial charge in [-0.15, -0.1) is 0 Å². The van der Waals surface area contributed by atoms with Crippen molar-refractivity contribution in [1.82, 2.24) is 0 Å². The van der Waals surface area contributed by atoms with E-state index in [9.17, 15) is 18.8 Å². The molecule has 1 heterocycles. The number of halogens is 1. The zero-order valence-electron chi connectivity index (χ0n) is 16.1. The minimum Gasteiger partial charge on any atom is -0.318 e. The fourth-order valence-corrected chi connectivity index (χ4v) is 3.48. The summed E-state index contributed by atoms with van der Waals surface area (Å²) in [5.74, 6) is -1.97. The molecule has 0 spiro atoms. The molecule has 29 heavy (non-hydrogen) atoms. The third-order valence-electron chi connectivity index (χ3n) is 5.29. The van der Waals surface area contributed by atoms with Crippen molar-refractivity contribution in [2.45, 2.75) is 32.6 Å². The summed E-state index contributed by atoms with van der Waals surface area (Å²) in [6.07, 6.45) is 3.64. The molecule has 1 aliphatic heterocycles. The molecule has 0 atom stereocenters. The van der Waals surface area contributed by atoms with Gasteiger partial charge in [-0.1, -0.05) is 12.1 Å². The van der Waals surface area contributed by atoms with Crippen molar-refractivity contribution in [2.24, 2.45) is 5.92 Å². The fourth-order valence-electron chi connectivity index (χ4n) is 3.48. The molecule has 0 bridgehead atoms. The van der Waals surface area contributed by atoms with Crippen LogP contribution < -0.4 is 15.5 Å². The van der Waals surface area contributed by atoms with E-state index in [1.54, 1.807) is 24.0 Å². The molecule has 0 aromatic heterocycles. The Bertz CT molecular complexity index is 1000. The first-order chi connectivity index (χ1) is 13.9. The third kappa shape index (κ3) is 4.13. The average molecular weight is 395 g/mol. The first-order valence-corrected chi connectivity index (χ1v) is 9.75. The van der Waals surface area contributed by atoms with E-state index in [-0.39, 0.29) is 17.5 Å². The van der Waals surface area contributed by atoms with Gasteiger partial charge in [0.1, 0.15) is 5.82 Å². The SMILES string of the molecule is Cc1ccc(NC(=O)C(=O)Nc2ccc3c(c2)N(C(=O)C2CC2)CCC3)cc1F. The molecule has 6 nitrogen and oxygen atoms in total. The van der Waals surface area contributed by atoms with Gasteiger partial charge in [-0.2, -0.15) is 0 Å². The number of hydrogen-bond donors (Lipinski definition) is 2. The number of hydrogen-bond acceptors (Lipinski definition) is 3. The van der Waals surface area contributed by atoms with Crippen LogP contribution in [-0.2, 0) is 20.8 Å². The molecule has 2 aromatic carbocycles. The molecule has 0 saturated heterocycles. The zero-order valence-corrected chi connectivity index (χ0v) is 16.1. The maximum absolute atomic E-state index is 13.6. The number of nitrogens with zero attached hydrogens (tertiary/aromatic N) is 1. The average Bonchev–Trinajstić information content (AvgIpc) is 3.55. The van der Waals surface area contributed by atoms with Gasteiger partial charge in [0.15, 0.2) is 0 Å². The molecule has 2 aromatic rings. The summed E-state index contributed by atoms with van der Waals surface area (Å²) in [6, 6.07) is 9.57. The van der Waals surface area contributed by atoms with E-state index in [2.05, 4.69) is 10.6 Å². The summed E-state index contributed by atoms with van der Waals surface area (Å²) in [7, 11) is 0. The quantitative estimate of drug-likeness (QED) is 0.782. The molecular weight excluding hydrogens is 373 g/mol. The van der Waals surface area contributed by atoms with Crippen molar-refractivity contribution < 1.29 is 18.8 Å². The van der Waals surface area contributed by atoms with Crippen LogP contribution in [0.2, 0.25) is 0 Å². The van der Waals surface area contributed by atoms with Crippen molar-refractivity contribution in [1.29, 1.82) is 0 Å². The van der Waals surface area contributed by atoms with E-state index in [4.69, 9.17) is 0 Å². The summed E-state index contributed by atoms with van der Waals surface area (Å²) < 4.78 is 13.6. The Balaban J connectivity index is 1.46. The smallest absolute Gasteiger partial charge is 0.314 e. The van der Waals surface area contributed by atoms with Crippen LogP contribution in [0.4, 0.5) is 21.5 Å². The lowest BCUT2D eigenvalue weighted by atomic mass is 10.0. The monoisotopic (exact) mass is 395 g/mol. The maximum Gasteiger partial charge on any atom is 0.314 e. The summed E-state index contributed by atoms with van der Waals surface area (Å²) in [5, 5.41) is 4.95. The highest BCUT2D eigenvalue weighted by atomic mass is 19.1. The second kappa shape index (κ2) is 7.66. The van der Waals surface area contributed by atoms with Gasteiger partial charge >= 0.3 is 11.8 Å². The highest BCUT2D eigenvalue weighted by Crippen LogP contribution is 2.36. The molecule has 1 fully saturated rings. The summed E-state index contributed by atoms with van der Waals surface area (Å²) in [4.78, 5) is 38.8. The molecule has 2 aliphatic rings. The van der Waals surface area contributed by atoms with E-state index in [0.29, 0.717) is 17.8 Å². The molecule has 4 rings (SSSR count). The van der Waals surface area contributed by atoms with E-state index >= 15 is 0 Å². The summed E-state index contributed by atoms with van der Waals surface area (Å²) in [5.41, 5.74) is 2.95. The van der Waals surface area contributed by atoms with E-state index in [1.165, 1.54) is 18.2 Å². The minimum absolute atomic E-state index is 0.111. The number of anilines is 3. The summed E-state index contributed by atoms with van der Waals surface area (Å²) >= 11 is 0. The van der Waals surface area contributed by atoms with Gasteiger partial charge in [0.05, 0.1) is 0 Å². The number of carbonyl (C=O) groups excluding carboxylic acids is 3. The van der Waals surface area contributed by atoms with Gasteiger partial charge in [0.25, 0.3) is 0 Å². The van der Waals surface area contributed by atoms with E-state index < -0.39 is 17.6 Å². The van der Waals surface area contributed by atoms with Crippen molar-refractivity contribution in [3.05, 3.63) is 53.3 Å². The molecule has 2 N–H and O–H groups in total. The lowest BCUT2D eigenvalue weighted by Crippen LogP contribution is -2.36. The molecule has 1 aliphatic carbocycles. The summed E-state index contributed by atoms with van der Waals surface area (Å²) in [6.45, 7) is 2.28. The van der Waals surface area contributed by atoms with Gasteiger partial charge < -0.3 is 15.5 Å².